The van der Waals surface area contributed by atoms with Crippen LogP contribution in [0.4, 0.5) is 0 Å². The second-order valence-electron chi connectivity index (χ2n) is 4.30. The first-order valence-corrected chi connectivity index (χ1v) is 6.05. The van der Waals surface area contributed by atoms with Gasteiger partial charge in [-0.2, -0.15) is 5.26 Å². The normalized spacial score (nSPS) is 10.4. The minimum absolute atomic E-state index is 0.457. The summed E-state index contributed by atoms with van der Waals surface area (Å²) >= 11 is 0. The van der Waals surface area contributed by atoms with Gasteiger partial charge in [0.15, 0.2) is 0 Å². The Hall–Kier alpha value is -1.57. The maximum Gasteiger partial charge on any atom is 0.124 e. The van der Waals surface area contributed by atoms with Crippen molar-refractivity contribution >= 4 is 0 Å². The van der Waals surface area contributed by atoms with Gasteiger partial charge in [0.25, 0.3) is 0 Å². The van der Waals surface area contributed by atoms with E-state index in [0.717, 1.165) is 17.9 Å². The van der Waals surface area contributed by atoms with Crippen molar-refractivity contribution in [1.82, 2.24) is 5.32 Å². The van der Waals surface area contributed by atoms with Crippen molar-refractivity contribution < 1.29 is 9.47 Å². The number of nitrogens with zero attached hydrogens (tertiary/aromatic N) is 1. The van der Waals surface area contributed by atoms with E-state index in [-0.39, 0.29) is 0 Å². The zero-order valence-electron chi connectivity index (χ0n) is 11.2. The Labute approximate surface area is 109 Å². The molecule has 0 bridgehead atoms. The summed E-state index contributed by atoms with van der Waals surface area (Å²) in [5, 5.41) is 12.1. The Morgan fingerprint density at radius 2 is 2.17 bits per heavy atom. The van der Waals surface area contributed by atoms with Crippen LogP contribution in [0.3, 0.4) is 0 Å². The van der Waals surface area contributed by atoms with Gasteiger partial charge in [0, 0.05) is 18.2 Å². The van der Waals surface area contributed by atoms with Crippen LogP contribution in [0.2, 0.25) is 0 Å². The molecule has 0 aliphatic heterocycles. The third kappa shape index (κ3) is 4.74. The molecule has 1 N–H and O–H groups in total. The molecule has 1 rings (SSSR count). The van der Waals surface area contributed by atoms with Crippen molar-refractivity contribution in [3.8, 4) is 11.8 Å². The number of hydrogen-bond acceptors (Lipinski definition) is 4. The van der Waals surface area contributed by atoms with Crippen LogP contribution >= 0.6 is 0 Å². The molecule has 4 heteroatoms. The number of rotatable bonds is 7. The summed E-state index contributed by atoms with van der Waals surface area (Å²) < 4.78 is 10.8. The molecule has 4 nitrogen and oxygen atoms in total. The van der Waals surface area contributed by atoms with Gasteiger partial charge < -0.3 is 14.8 Å². The molecule has 0 unspecified atom stereocenters. The lowest BCUT2D eigenvalue weighted by atomic mass is 10.1. The van der Waals surface area contributed by atoms with Gasteiger partial charge in [-0.1, -0.05) is 13.8 Å². The number of nitriles is 1. The first-order valence-electron chi connectivity index (χ1n) is 6.05. The number of hydrogen-bond donors (Lipinski definition) is 1. The van der Waals surface area contributed by atoms with E-state index in [4.69, 9.17) is 14.7 Å². The number of nitrogens with one attached hydrogen (secondary N) is 1. The maximum absolute atomic E-state index is 8.85. The van der Waals surface area contributed by atoms with Crippen LogP contribution < -0.4 is 10.1 Å². The fourth-order valence-corrected chi connectivity index (χ4v) is 1.56. The lowest BCUT2D eigenvalue weighted by Crippen LogP contribution is -2.26. The predicted octanol–water partition coefficient (Wildman–Crippen LogP) is 2.08. The van der Waals surface area contributed by atoms with Crippen LogP contribution in [0.15, 0.2) is 18.2 Å². The van der Waals surface area contributed by atoms with Gasteiger partial charge in [0.2, 0.25) is 0 Å². The Balaban J connectivity index is 2.48. The van der Waals surface area contributed by atoms with E-state index in [1.54, 1.807) is 25.3 Å². The summed E-state index contributed by atoms with van der Waals surface area (Å²) in [4.78, 5) is 0. The molecule has 0 aliphatic rings. The molecule has 0 aromatic heterocycles. The summed E-state index contributed by atoms with van der Waals surface area (Å²) in [6, 6.07) is 7.91. The van der Waals surface area contributed by atoms with Crippen LogP contribution in [0.1, 0.15) is 25.0 Å². The minimum atomic E-state index is 0.457. The number of ether oxygens (including phenoxy) is 2. The van der Waals surface area contributed by atoms with Gasteiger partial charge >= 0.3 is 0 Å². The zero-order valence-corrected chi connectivity index (χ0v) is 11.2. The van der Waals surface area contributed by atoms with Crippen LogP contribution in [0.25, 0.3) is 0 Å². The van der Waals surface area contributed by atoms with Gasteiger partial charge in [0.1, 0.15) is 5.75 Å². The molecule has 0 amide bonds. The first kappa shape index (κ1) is 14.5. The Bertz CT molecular complexity index is 411. The van der Waals surface area contributed by atoms with Crippen LogP contribution in [0.5, 0.6) is 5.75 Å². The highest BCUT2D eigenvalue weighted by atomic mass is 16.5. The van der Waals surface area contributed by atoms with Crippen molar-refractivity contribution in [3.05, 3.63) is 29.3 Å². The highest BCUT2D eigenvalue weighted by Crippen LogP contribution is 2.20. The van der Waals surface area contributed by atoms with E-state index in [0.29, 0.717) is 24.8 Å². The second kappa shape index (κ2) is 7.70. The smallest absolute Gasteiger partial charge is 0.124 e. The molecule has 98 valence electrons. The molecule has 1 aromatic carbocycles. The molecule has 0 spiro atoms. The third-order valence-electron chi connectivity index (χ3n) is 2.47. The second-order valence-corrected chi connectivity index (χ2v) is 4.30. The summed E-state index contributed by atoms with van der Waals surface area (Å²) in [5.41, 5.74) is 1.52. The van der Waals surface area contributed by atoms with E-state index < -0.39 is 0 Å². The Morgan fingerprint density at radius 1 is 1.39 bits per heavy atom. The molecule has 0 fully saturated rings. The van der Waals surface area contributed by atoms with E-state index in [1.165, 1.54) is 0 Å². The van der Waals surface area contributed by atoms with E-state index >= 15 is 0 Å². The number of benzene rings is 1. The summed E-state index contributed by atoms with van der Waals surface area (Å²) in [6.45, 7) is 6.10. The Morgan fingerprint density at radius 3 is 2.78 bits per heavy atom. The first-order chi connectivity index (χ1) is 8.67. The predicted molar refractivity (Wildman–Crippen MR) is 70.5 cm³/mol. The summed E-state index contributed by atoms with van der Waals surface area (Å²) in [6.07, 6.45) is 0. The van der Waals surface area contributed by atoms with Crippen LogP contribution in [-0.2, 0) is 11.3 Å². The topological polar surface area (TPSA) is 54.3 Å². The third-order valence-corrected chi connectivity index (χ3v) is 2.47. The average Bonchev–Trinajstić information content (AvgIpc) is 2.37. The van der Waals surface area contributed by atoms with Gasteiger partial charge in [-0.25, -0.2) is 0 Å². The standard InChI is InChI=1S/C14H20N2O2/c1-11(2)16-6-7-18-10-13-8-12(9-15)4-5-14(13)17-3/h4-5,8,11,16H,6-7,10H2,1-3H3. The van der Waals surface area contributed by atoms with Crippen molar-refractivity contribution in [3.63, 3.8) is 0 Å². The van der Waals surface area contributed by atoms with E-state index in [2.05, 4.69) is 25.2 Å². The fraction of sp³-hybridized carbons (Fsp3) is 0.500. The van der Waals surface area contributed by atoms with Gasteiger partial charge in [0.05, 0.1) is 32.0 Å². The molecule has 0 saturated carbocycles. The van der Waals surface area contributed by atoms with Crippen molar-refractivity contribution in [1.29, 1.82) is 5.26 Å². The lowest BCUT2D eigenvalue weighted by Gasteiger charge is -2.11. The molecule has 0 heterocycles. The number of methoxy groups -OCH3 is 1. The minimum Gasteiger partial charge on any atom is -0.496 e. The van der Waals surface area contributed by atoms with E-state index in [9.17, 15) is 0 Å². The molecule has 0 atom stereocenters. The van der Waals surface area contributed by atoms with Crippen LogP contribution in [0, 0.1) is 11.3 Å². The van der Waals surface area contributed by atoms with Gasteiger partial charge in [-0.05, 0) is 18.2 Å². The van der Waals surface area contributed by atoms with Crippen molar-refractivity contribution in [2.24, 2.45) is 0 Å². The molecule has 18 heavy (non-hydrogen) atoms. The monoisotopic (exact) mass is 248 g/mol. The molecule has 1 aromatic rings. The van der Waals surface area contributed by atoms with Crippen molar-refractivity contribution in [2.75, 3.05) is 20.3 Å². The SMILES string of the molecule is COc1ccc(C#N)cc1COCCNC(C)C. The van der Waals surface area contributed by atoms with Gasteiger partial charge in [-0.3, -0.25) is 0 Å². The molecule has 0 saturated heterocycles. The van der Waals surface area contributed by atoms with Gasteiger partial charge in [-0.15, -0.1) is 0 Å². The van der Waals surface area contributed by atoms with Crippen LogP contribution in [-0.4, -0.2) is 26.3 Å². The molecule has 0 aliphatic carbocycles. The highest BCUT2D eigenvalue weighted by molar-refractivity contribution is 5.41. The largest absolute Gasteiger partial charge is 0.496 e. The summed E-state index contributed by atoms with van der Waals surface area (Å²) in [5.74, 6) is 0.755. The Kier molecular flexibility index (Phi) is 6.20. The fourth-order valence-electron chi connectivity index (χ4n) is 1.56. The quantitative estimate of drug-likeness (QED) is 0.751. The maximum atomic E-state index is 8.85. The molecular formula is C14H20N2O2. The van der Waals surface area contributed by atoms with Crippen molar-refractivity contribution in [2.45, 2.75) is 26.5 Å². The highest BCUT2D eigenvalue weighted by Gasteiger charge is 2.04. The molecule has 0 radical (unpaired) electrons. The zero-order chi connectivity index (χ0) is 13.4. The average molecular weight is 248 g/mol. The lowest BCUT2D eigenvalue weighted by molar-refractivity contribution is 0.119. The van der Waals surface area contributed by atoms with E-state index in [1.807, 2.05) is 0 Å². The summed E-state index contributed by atoms with van der Waals surface area (Å²) in [7, 11) is 1.62. The molecular weight excluding hydrogens is 228 g/mol.